The van der Waals surface area contributed by atoms with Crippen molar-refractivity contribution >= 4 is 29.5 Å². The van der Waals surface area contributed by atoms with Crippen molar-refractivity contribution in [1.82, 2.24) is 5.32 Å². The molecule has 0 saturated carbocycles. The van der Waals surface area contributed by atoms with Gasteiger partial charge in [0.15, 0.2) is 0 Å². The number of benzene rings is 3. The molecular formula is C32H34F3N3O4. The number of hydrogen-bond acceptors (Lipinski definition) is 6. The van der Waals surface area contributed by atoms with E-state index in [1.54, 1.807) is 31.2 Å². The Morgan fingerprint density at radius 2 is 1.67 bits per heavy atom. The first kappa shape index (κ1) is 30.6. The van der Waals surface area contributed by atoms with Gasteiger partial charge in [0.2, 0.25) is 5.91 Å². The summed E-state index contributed by atoms with van der Waals surface area (Å²) >= 11 is 0. The number of piperidine rings is 1. The van der Waals surface area contributed by atoms with Crippen LogP contribution in [0.3, 0.4) is 0 Å². The number of amides is 1. The Labute approximate surface area is 243 Å². The summed E-state index contributed by atoms with van der Waals surface area (Å²) in [5, 5.41) is 5.85. The van der Waals surface area contributed by atoms with E-state index in [1.807, 2.05) is 24.3 Å². The molecule has 7 nitrogen and oxygen atoms in total. The first-order valence-electron chi connectivity index (χ1n) is 13.9. The zero-order valence-electron chi connectivity index (χ0n) is 23.3. The lowest BCUT2D eigenvalue weighted by Gasteiger charge is -2.33. The number of carbonyl (C=O) groups is 3. The predicted molar refractivity (Wildman–Crippen MR) is 155 cm³/mol. The molecule has 1 saturated heterocycles. The Bertz CT molecular complexity index is 1350. The second-order valence-corrected chi connectivity index (χ2v) is 10.2. The van der Waals surface area contributed by atoms with Crippen molar-refractivity contribution in [2.45, 2.75) is 38.4 Å². The van der Waals surface area contributed by atoms with E-state index >= 15 is 0 Å². The molecule has 42 heavy (non-hydrogen) atoms. The Balaban J connectivity index is 1.34. The molecule has 0 bridgehead atoms. The number of aldehydes is 1. The summed E-state index contributed by atoms with van der Waals surface area (Å²) < 4.78 is 43.9. The molecular weight excluding hydrogens is 547 g/mol. The Kier molecular flexibility index (Phi) is 10.2. The van der Waals surface area contributed by atoms with Gasteiger partial charge in [-0.3, -0.25) is 9.59 Å². The van der Waals surface area contributed by atoms with E-state index in [2.05, 4.69) is 15.5 Å². The van der Waals surface area contributed by atoms with Crippen LogP contribution in [0, 0.1) is 5.92 Å². The van der Waals surface area contributed by atoms with Crippen molar-refractivity contribution < 1.29 is 32.3 Å². The second kappa shape index (κ2) is 14.0. The minimum absolute atomic E-state index is 0.114. The van der Waals surface area contributed by atoms with Crippen molar-refractivity contribution in [3.05, 3.63) is 83.9 Å². The number of ether oxygens (including phenoxy) is 1. The van der Waals surface area contributed by atoms with E-state index in [4.69, 9.17) is 4.74 Å². The van der Waals surface area contributed by atoms with Crippen molar-refractivity contribution in [1.29, 1.82) is 0 Å². The van der Waals surface area contributed by atoms with Crippen molar-refractivity contribution in [3.8, 4) is 11.1 Å². The van der Waals surface area contributed by atoms with Gasteiger partial charge in [-0.2, -0.15) is 13.2 Å². The summed E-state index contributed by atoms with van der Waals surface area (Å²) in [5.41, 5.74) is 2.94. The van der Waals surface area contributed by atoms with Crippen LogP contribution in [0.4, 0.5) is 24.5 Å². The van der Waals surface area contributed by atoms with Crippen LogP contribution in [0.2, 0.25) is 0 Å². The number of halogens is 3. The van der Waals surface area contributed by atoms with Gasteiger partial charge in [-0.05, 0) is 78.8 Å². The molecule has 3 aromatic rings. The van der Waals surface area contributed by atoms with Gasteiger partial charge in [-0.15, -0.1) is 0 Å². The Morgan fingerprint density at radius 1 is 1.00 bits per heavy atom. The zero-order chi connectivity index (χ0) is 30.1. The normalized spacial score (nSPS) is 14.6. The van der Waals surface area contributed by atoms with Gasteiger partial charge in [0.05, 0.1) is 12.2 Å². The number of carbonyl (C=O) groups excluding carboxylic acids is 3. The summed E-state index contributed by atoms with van der Waals surface area (Å²) in [6, 6.07) is 19.1. The summed E-state index contributed by atoms with van der Waals surface area (Å²) in [4.78, 5) is 38.0. The highest BCUT2D eigenvalue weighted by Gasteiger charge is 2.30. The van der Waals surface area contributed by atoms with Crippen LogP contribution in [0.1, 0.15) is 43.4 Å². The third-order valence-corrected chi connectivity index (χ3v) is 7.33. The molecule has 3 aromatic carbocycles. The van der Waals surface area contributed by atoms with Crippen molar-refractivity contribution in [2.75, 3.05) is 36.5 Å². The fraction of sp³-hybridized carbons (Fsp3) is 0.344. The van der Waals surface area contributed by atoms with E-state index in [0.717, 1.165) is 55.7 Å². The molecule has 1 aliphatic rings. The number of nitrogens with zero attached hydrogens (tertiary/aromatic N) is 1. The van der Waals surface area contributed by atoms with Crippen LogP contribution < -0.4 is 15.5 Å². The standard InChI is InChI=1S/C32H34F3N3O4/c1-2-42-31(41)20-36-30(40)19-22-15-17-38(18-16-22)26-13-11-25(12-14-26)37-29(21-39)28-6-4-3-5-27(28)23-7-9-24(10-8-23)32(33,34)35/h3-14,21-22,29,37H,2,15-20H2,1H3,(H,36,40). The molecule has 1 amide bonds. The van der Waals surface area contributed by atoms with Crippen molar-refractivity contribution in [3.63, 3.8) is 0 Å². The second-order valence-electron chi connectivity index (χ2n) is 10.2. The van der Waals surface area contributed by atoms with Gasteiger partial charge in [-0.25, -0.2) is 0 Å². The molecule has 222 valence electrons. The number of alkyl halides is 3. The van der Waals surface area contributed by atoms with Gasteiger partial charge in [0.25, 0.3) is 0 Å². The number of hydrogen-bond donors (Lipinski definition) is 2. The molecule has 1 atom stereocenters. The third-order valence-electron chi connectivity index (χ3n) is 7.33. The number of esters is 1. The molecule has 4 rings (SSSR count). The first-order valence-corrected chi connectivity index (χ1v) is 13.9. The summed E-state index contributed by atoms with van der Waals surface area (Å²) in [6.07, 6.45) is -1.57. The maximum Gasteiger partial charge on any atom is 0.416 e. The Morgan fingerprint density at radius 3 is 2.29 bits per heavy atom. The molecule has 0 radical (unpaired) electrons. The van der Waals surface area contributed by atoms with Crippen LogP contribution in [0.5, 0.6) is 0 Å². The summed E-state index contributed by atoms with van der Waals surface area (Å²) in [6.45, 7) is 3.47. The van der Waals surface area contributed by atoms with E-state index in [9.17, 15) is 27.6 Å². The van der Waals surface area contributed by atoms with Gasteiger partial charge >= 0.3 is 12.1 Å². The minimum Gasteiger partial charge on any atom is -0.465 e. The maximum atomic E-state index is 13.0. The van der Waals surface area contributed by atoms with Crippen LogP contribution in [0.15, 0.2) is 72.8 Å². The van der Waals surface area contributed by atoms with E-state index in [1.165, 1.54) is 12.1 Å². The maximum absolute atomic E-state index is 13.0. The first-order chi connectivity index (χ1) is 20.2. The lowest BCUT2D eigenvalue weighted by atomic mass is 9.93. The van der Waals surface area contributed by atoms with E-state index in [0.29, 0.717) is 23.1 Å². The highest BCUT2D eigenvalue weighted by atomic mass is 19.4. The lowest BCUT2D eigenvalue weighted by Crippen LogP contribution is -2.37. The van der Waals surface area contributed by atoms with Crippen molar-refractivity contribution in [2.24, 2.45) is 5.92 Å². The predicted octanol–water partition coefficient (Wildman–Crippen LogP) is 6.01. The molecule has 0 spiro atoms. The quantitative estimate of drug-likeness (QED) is 0.213. The molecule has 1 heterocycles. The molecule has 1 unspecified atom stereocenters. The average molecular weight is 582 g/mol. The number of rotatable bonds is 11. The van der Waals surface area contributed by atoms with Crippen LogP contribution in [-0.4, -0.2) is 44.4 Å². The number of nitrogens with one attached hydrogen (secondary N) is 2. The summed E-state index contributed by atoms with van der Waals surface area (Å²) in [7, 11) is 0. The summed E-state index contributed by atoms with van der Waals surface area (Å²) in [5.74, 6) is -0.356. The Hall–Kier alpha value is -4.34. The van der Waals surface area contributed by atoms with Crippen LogP contribution in [-0.2, 0) is 25.3 Å². The third kappa shape index (κ3) is 8.11. The molecule has 0 aliphatic carbocycles. The average Bonchev–Trinajstić information content (AvgIpc) is 2.99. The fourth-order valence-corrected chi connectivity index (χ4v) is 5.12. The largest absolute Gasteiger partial charge is 0.465 e. The molecule has 1 fully saturated rings. The fourth-order valence-electron chi connectivity index (χ4n) is 5.12. The molecule has 2 N–H and O–H groups in total. The lowest BCUT2D eigenvalue weighted by molar-refractivity contribution is -0.143. The SMILES string of the molecule is CCOC(=O)CNC(=O)CC1CCN(c2ccc(NC(C=O)c3ccccc3-c3ccc(C(F)(F)F)cc3)cc2)CC1. The molecule has 1 aliphatic heterocycles. The van der Waals surface area contributed by atoms with Gasteiger partial charge < -0.3 is 25.1 Å². The van der Waals surface area contributed by atoms with E-state index in [-0.39, 0.29) is 25.0 Å². The zero-order valence-corrected chi connectivity index (χ0v) is 23.3. The van der Waals surface area contributed by atoms with Gasteiger partial charge in [0, 0.05) is 30.9 Å². The molecule has 10 heteroatoms. The van der Waals surface area contributed by atoms with Gasteiger partial charge in [0.1, 0.15) is 18.9 Å². The molecule has 0 aromatic heterocycles. The monoisotopic (exact) mass is 581 g/mol. The number of anilines is 2. The topological polar surface area (TPSA) is 87.7 Å². The highest BCUT2D eigenvalue weighted by molar-refractivity contribution is 5.82. The van der Waals surface area contributed by atoms with Crippen LogP contribution in [0.25, 0.3) is 11.1 Å². The highest BCUT2D eigenvalue weighted by Crippen LogP contribution is 2.34. The smallest absolute Gasteiger partial charge is 0.416 e. The van der Waals surface area contributed by atoms with E-state index < -0.39 is 23.8 Å². The van der Waals surface area contributed by atoms with Gasteiger partial charge in [-0.1, -0.05) is 36.4 Å². The van der Waals surface area contributed by atoms with Crippen LogP contribution >= 0.6 is 0 Å². The minimum atomic E-state index is -4.42.